The number of alkyl halides is 3. The largest absolute Gasteiger partial charge is 0.416 e. The standard InChI is InChI=1S/C16H11F3N/c1-10-15(13-4-2-3-5-14(13)20-10)11-6-8-12(9-7-11)16(17,18)19/h2,4-9,20H,1H3. The van der Waals surface area contributed by atoms with E-state index in [1.165, 1.54) is 12.1 Å². The third-order valence-electron chi connectivity index (χ3n) is 3.33. The minimum atomic E-state index is -4.30. The van der Waals surface area contributed by atoms with Crippen molar-refractivity contribution in [1.29, 1.82) is 0 Å². The van der Waals surface area contributed by atoms with Gasteiger partial charge in [-0.1, -0.05) is 24.3 Å². The van der Waals surface area contributed by atoms with Gasteiger partial charge in [0.15, 0.2) is 0 Å². The summed E-state index contributed by atoms with van der Waals surface area (Å²) < 4.78 is 37.8. The lowest BCUT2D eigenvalue weighted by atomic mass is 10.0. The molecule has 0 amide bonds. The van der Waals surface area contributed by atoms with E-state index in [4.69, 9.17) is 0 Å². The van der Waals surface area contributed by atoms with Gasteiger partial charge in [0.1, 0.15) is 0 Å². The SMILES string of the molecule is Cc1[nH]c2c[c]ccc2c1-c1ccc(C(F)(F)F)cc1. The Morgan fingerprint density at radius 3 is 2.40 bits per heavy atom. The number of aromatic amines is 1. The molecule has 1 N–H and O–H groups in total. The molecule has 0 saturated heterocycles. The average Bonchev–Trinajstić information content (AvgIpc) is 2.73. The fourth-order valence-electron chi connectivity index (χ4n) is 2.42. The minimum absolute atomic E-state index is 0.632. The summed E-state index contributed by atoms with van der Waals surface area (Å²) in [5.74, 6) is 0. The molecule has 101 valence electrons. The van der Waals surface area contributed by atoms with E-state index in [0.29, 0.717) is 0 Å². The van der Waals surface area contributed by atoms with E-state index in [-0.39, 0.29) is 0 Å². The lowest BCUT2D eigenvalue weighted by Crippen LogP contribution is -2.04. The maximum absolute atomic E-state index is 12.6. The second-order valence-electron chi connectivity index (χ2n) is 4.67. The summed E-state index contributed by atoms with van der Waals surface area (Å²) in [4.78, 5) is 3.22. The Bertz CT molecular complexity index is 751. The number of benzene rings is 2. The van der Waals surface area contributed by atoms with Crippen LogP contribution >= 0.6 is 0 Å². The highest BCUT2D eigenvalue weighted by atomic mass is 19.4. The van der Waals surface area contributed by atoms with Crippen molar-refractivity contribution in [1.82, 2.24) is 4.98 Å². The van der Waals surface area contributed by atoms with Gasteiger partial charge in [0, 0.05) is 22.2 Å². The van der Waals surface area contributed by atoms with Crippen LogP contribution in [0.4, 0.5) is 13.2 Å². The molecular formula is C16H11F3N. The third kappa shape index (κ3) is 2.07. The Hall–Kier alpha value is -2.23. The van der Waals surface area contributed by atoms with Crippen molar-refractivity contribution < 1.29 is 13.2 Å². The molecule has 0 aliphatic rings. The molecular weight excluding hydrogens is 263 g/mol. The number of nitrogens with one attached hydrogen (secondary N) is 1. The Kier molecular flexibility index (Phi) is 2.82. The van der Waals surface area contributed by atoms with Crippen molar-refractivity contribution in [3.63, 3.8) is 0 Å². The van der Waals surface area contributed by atoms with Crippen LogP contribution in [0.3, 0.4) is 0 Å². The molecule has 0 aliphatic heterocycles. The first-order valence-electron chi connectivity index (χ1n) is 6.13. The fraction of sp³-hybridized carbons (Fsp3) is 0.125. The first kappa shape index (κ1) is 12.8. The van der Waals surface area contributed by atoms with Gasteiger partial charge in [0.2, 0.25) is 0 Å². The number of aryl methyl sites for hydroxylation is 1. The van der Waals surface area contributed by atoms with Crippen molar-refractivity contribution in [3.8, 4) is 11.1 Å². The van der Waals surface area contributed by atoms with E-state index in [9.17, 15) is 13.2 Å². The highest BCUT2D eigenvalue weighted by Crippen LogP contribution is 2.34. The number of fused-ring (bicyclic) bond motifs is 1. The summed E-state index contributed by atoms with van der Waals surface area (Å²) in [5, 5.41) is 0.987. The molecule has 3 aromatic rings. The maximum Gasteiger partial charge on any atom is 0.416 e. The van der Waals surface area contributed by atoms with E-state index in [2.05, 4.69) is 11.1 Å². The Labute approximate surface area is 114 Å². The number of aromatic nitrogens is 1. The third-order valence-corrected chi connectivity index (χ3v) is 3.33. The summed E-state index contributed by atoms with van der Waals surface area (Å²) >= 11 is 0. The molecule has 0 spiro atoms. The maximum atomic E-state index is 12.6. The van der Waals surface area contributed by atoms with Crippen molar-refractivity contribution in [2.45, 2.75) is 13.1 Å². The summed E-state index contributed by atoms with van der Waals surface area (Å²) in [6.07, 6.45) is -4.30. The van der Waals surface area contributed by atoms with Gasteiger partial charge in [0.25, 0.3) is 0 Å². The van der Waals surface area contributed by atoms with E-state index in [0.717, 1.165) is 39.9 Å². The molecule has 1 heterocycles. The van der Waals surface area contributed by atoms with Crippen LogP contribution in [0.2, 0.25) is 0 Å². The van der Waals surface area contributed by atoms with Gasteiger partial charge >= 0.3 is 6.18 Å². The minimum Gasteiger partial charge on any atom is -0.358 e. The van der Waals surface area contributed by atoms with E-state index < -0.39 is 11.7 Å². The fourth-order valence-corrected chi connectivity index (χ4v) is 2.42. The first-order valence-corrected chi connectivity index (χ1v) is 6.13. The van der Waals surface area contributed by atoms with E-state index in [1.807, 2.05) is 19.1 Å². The molecule has 20 heavy (non-hydrogen) atoms. The van der Waals surface area contributed by atoms with Gasteiger partial charge in [-0.25, -0.2) is 0 Å². The molecule has 2 aromatic carbocycles. The Balaban J connectivity index is 2.14. The predicted molar refractivity (Wildman–Crippen MR) is 72.3 cm³/mol. The number of rotatable bonds is 1. The Morgan fingerprint density at radius 1 is 1.05 bits per heavy atom. The molecule has 0 aliphatic carbocycles. The van der Waals surface area contributed by atoms with Gasteiger partial charge < -0.3 is 4.98 Å². The average molecular weight is 274 g/mol. The van der Waals surface area contributed by atoms with Crippen LogP contribution in [0, 0.1) is 13.0 Å². The molecule has 3 rings (SSSR count). The summed E-state index contributed by atoms with van der Waals surface area (Å²) in [6, 6.07) is 13.8. The molecule has 1 nitrogen and oxygen atoms in total. The second kappa shape index (κ2) is 4.40. The number of halogens is 3. The zero-order chi connectivity index (χ0) is 14.3. The van der Waals surface area contributed by atoms with Gasteiger partial charge in [-0.2, -0.15) is 13.2 Å². The van der Waals surface area contributed by atoms with Crippen molar-refractivity contribution in [3.05, 3.63) is 59.8 Å². The molecule has 0 fully saturated rings. The normalized spacial score (nSPS) is 12.0. The van der Waals surface area contributed by atoms with Crippen LogP contribution in [-0.4, -0.2) is 4.98 Å². The molecule has 0 unspecified atom stereocenters. The number of hydrogen-bond acceptors (Lipinski definition) is 0. The lowest BCUT2D eigenvalue weighted by molar-refractivity contribution is -0.137. The second-order valence-corrected chi connectivity index (χ2v) is 4.67. The molecule has 4 heteroatoms. The van der Waals surface area contributed by atoms with Crippen LogP contribution in [0.15, 0.2) is 42.5 Å². The van der Waals surface area contributed by atoms with E-state index >= 15 is 0 Å². The summed E-state index contributed by atoms with van der Waals surface area (Å²) in [5.41, 5.74) is 2.93. The van der Waals surface area contributed by atoms with Crippen LogP contribution in [0.1, 0.15) is 11.3 Å². The number of H-pyrrole nitrogens is 1. The summed E-state index contributed by atoms with van der Waals surface area (Å²) in [6.45, 7) is 1.91. The van der Waals surface area contributed by atoms with Crippen LogP contribution in [-0.2, 0) is 6.18 Å². The molecule has 0 atom stereocenters. The number of hydrogen-bond donors (Lipinski definition) is 1. The Morgan fingerprint density at radius 2 is 1.75 bits per heavy atom. The highest BCUT2D eigenvalue weighted by Gasteiger charge is 2.30. The molecule has 1 aromatic heterocycles. The topological polar surface area (TPSA) is 15.8 Å². The zero-order valence-corrected chi connectivity index (χ0v) is 10.7. The first-order chi connectivity index (χ1) is 9.47. The van der Waals surface area contributed by atoms with Crippen LogP contribution in [0.25, 0.3) is 22.0 Å². The van der Waals surface area contributed by atoms with Crippen LogP contribution in [0.5, 0.6) is 0 Å². The lowest BCUT2D eigenvalue weighted by Gasteiger charge is -2.08. The predicted octanol–water partition coefficient (Wildman–Crippen LogP) is 4.96. The summed E-state index contributed by atoms with van der Waals surface area (Å²) in [7, 11) is 0. The van der Waals surface area contributed by atoms with Crippen LogP contribution < -0.4 is 0 Å². The smallest absolute Gasteiger partial charge is 0.358 e. The quantitative estimate of drug-likeness (QED) is 0.645. The van der Waals surface area contributed by atoms with Gasteiger partial charge in [-0.05, 0) is 36.8 Å². The van der Waals surface area contributed by atoms with Gasteiger partial charge in [-0.3, -0.25) is 0 Å². The molecule has 1 radical (unpaired) electrons. The monoisotopic (exact) mass is 274 g/mol. The van der Waals surface area contributed by atoms with Crippen molar-refractivity contribution >= 4 is 10.9 Å². The van der Waals surface area contributed by atoms with E-state index in [1.54, 1.807) is 6.07 Å². The zero-order valence-electron chi connectivity index (χ0n) is 10.7. The van der Waals surface area contributed by atoms with Crippen molar-refractivity contribution in [2.24, 2.45) is 0 Å². The molecule has 0 bridgehead atoms. The van der Waals surface area contributed by atoms with Gasteiger partial charge in [-0.15, -0.1) is 0 Å². The highest BCUT2D eigenvalue weighted by molar-refractivity contribution is 5.97. The molecule has 0 saturated carbocycles. The van der Waals surface area contributed by atoms with Gasteiger partial charge in [0.05, 0.1) is 5.56 Å². The van der Waals surface area contributed by atoms with Crippen molar-refractivity contribution in [2.75, 3.05) is 0 Å².